The average molecular weight is 526 g/mol. The van der Waals surface area contributed by atoms with Crippen LogP contribution < -0.4 is 14.8 Å². The van der Waals surface area contributed by atoms with Crippen LogP contribution >= 0.6 is 0 Å². The summed E-state index contributed by atoms with van der Waals surface area (Å²) < 4.78 is 31.1. The molecule has 1 amide bonds. The van der Waals surface area contributed by atoms with E-state index < -0.39 is 10.0 Å². The summed E-state index contributed by atoms with van der Waals surface area (Å²) in [6.45, 7) is 1.77. The standard InChI is InChI=1S/C29H39N3O4S/c1-37(34,35)31-24-9-15-28(16-10-24)36-27-13-7-22(8-14-27)20-32-25-11-12-26(32)18-23(17-25)29(33)30-19-21-5-3-2-4-6-21/h7-10,13-16,21,23,25-26,31H,2-6,11-12,17-20H2,1H3,(H,30,33)/t25-,26-/m0/s1. The van der Waals surface area contributed by atoms with E-state index in [0.717, 1.165) is 37.9 Å². The van der Waals surface area contributed by atoms with Gasteiger partial charge in [0.1, 0.15) is 11.5 Å². The zero-order valence-electron chi connectivity index (χ0n) is 21.7. The van der Waals surface area contributed by atoms with Crippen molar-refractivity contribution in [3.05, 3.63) is 54.1 Å². The molecule has 5 rings (SSSR count). The summed E-state index contributed by atoms with van der Waals surface area (Å²) in [4.78, 5) is 15.5. The fraction of sp³-hybridized carbons (Fsp3) is 0.552. The summed E-state index contributed by atoms with van der Waals surface area (Å²) in [5.41, 5.74) is 1.75. The van der Waals surface area contributed by atoms with Gasteiger partial charge in [0.2, 0.25) is 15.9 Å². The Labute approximate surface area is 221 Å². The summed E-state index contributed by atoms with van der Waals surface area (Å²) in [5.74, 6) is 2.51. The van der Waals surface area contributed by atoms with Crippen LogP contribution in [0, 0.1) is 11.8 Å². The molecule has 2 aliphatic heterocycles. The number of ether oxygens (including phenoxy) is 1. The first-order valence-electron chi connectivity index (χ1n) is 13.7. The fourth-order valence-corrected chi connectivity index (χ4v) is 6.91. The number of rotatable bonds is 9. The number of carbonyl (C=O) groups is 1. The predicted molar refractivity (Wildman–Crippen MR) is 146 cm³/mol. The Balaban J connectivity index is 1.11. The largest absolute Gasteiger partial charge is 0.457 e. The fourth-order valence-electron chi connectivity index (χ4n) is 6.34. The highest BCUT2D eigenvalue weighted by Gasteiger charge is 2.42. The third-order valence-electron chi connectivity index (χ3n) is 8.23. The monoisotopic (exact) mass is 525 g/mol. The van der Waals surface area contributed by atoms with Crippen LogP contribution in [0.15, 0.2) is 48.5 Å². The van der Waals surface area contributed by atoms with Gasteiger partial charge in [-0.1, -0.05) is 31.4 Å². The highest BCUT2D eigenvalue weighted by atomic mass is 32.2. The summed E-state index contributed by atoms with van der Waals surface area (Å²) in [5, 5.41) is 3.29. The van der Waals surface area contributed by atoms with Gasteiger partial charge in [0, 0.05) is 36.8 Å². The Hall–Kier alpha value is -2.58. The molecule has 3 fully saturated rings. The van der Waals surface area contributed by atoms with E-state index in [2.05, 4.69) is 27.1 Å². The van der Waals surface area contributed by atoms with Crippen LogP contribution in [0.25, 0.3) is 0 Å². The molecule has 1 aliphatic carbocycles. The number of piperidine rings is 1. The number of nitrogens with one attached hydrogen (secondary N) is 2. The molecule has 2 aromatic rings. The molecule has 0 radical (unpaired) electrons. The highest BCUT2D eigenvalue weighted by molar-refractivity contribution is 7.92. The third kappa shape index (κ3) is 7.05. The minimum absolute atomic E-state index is 0.159. The molecular formula is C29H39N3O4S. The molecule has 8 heteroatoms. The zero-order valence-corrected chi connectivity index (χ0v) is 22.5. The number of nitrogens with zero attached hydrogens (tertiary/aromatic N) is 1. The number of hydrogen-bond acceptors (Lipinski definition) is 5. The van der Waals surface area contributed by atoms with Crippen LogP contribution in [0.5, 0.6) is 11.5 Å². The van der Waals surface area contributed by atoms with E-state index in [1.807, 2.05) is 12.1 Å². The normalized spacial score (nSPS) is 24.5. The zero-order chi connectivity index (χ0) is 25.8. The number of benzene rings is 2. The summed E-state index contributed by atoms with van der Waals surface area (Å²) in [6.07, 6.45) is 11.9. The molecule has 3 aliphatic rings. The van der Waals surface area contributed by atoms with Crippen molar-refractivity contribution in [1.29, 1.82) is 0 Å². The van der Waals surface area contributed by atoms with Gasteiger partial charge in [-0.05, 0) is 86.4 Å². The van der Waals surface area contributed by atoms with Gasteiger partial charge in [-0.25, -0.2) is 8.42 Å². The Kier molecular flexibility index (Phi) is 8.05. The number of sulfonamides is 1. The van der Waals surface area contributed by atoms with Crippen molar-refractivity contribution >= 4 is 21.6 Å². The Morgan fingerprint density at radius 3 is 2.08 bits per heavy atom. The lowest BCUT2D eigenvalue weighted by atomic mass is 9.87. The van der Waals surface area contributed by atoms with Gasteiger partial charge in [-0.2, -0.15) is 0 Å². The van der Waals surface area contributed by atoms with Gasteiger partial charge in [0.25, 0.3) is 0 Å². The highest BCUT2D eigenvalue weighted by Crippen LogP contribution is 2.40. The first kappa shape index (κ1) is 26.0. The number of hydrogen-bond donors (Lipinski definition) is 2. The predicted octanol–water partition coefficient (Wildman–Crippen LogP) is 5.29. The van der Waals surface area contributed by atoms with Gasteiger partial charge < -0.3 is 10.1 Å². The minimum Gasteiger partial charge on any atom is -0.457 e. The first-order chi connectivity index (χ1) is 17.8. The maximum Gasteiger partial charge on any atom is 0.229 e. The Bertz CT molecular complexity index is 1150. The van der Waals surface area contributed by atoms with Crippen molar-refractivity contribution in [3.8, 4) is 11.5 Å². The van der Waals surface area contributed by atoms with Crippen molar-refractivity contribution in [1.82, 2.24) is 10.2 Å². The SMILES string of the molecule is CS(=O)(=O)Nc1ccc(Oc2ccc(CN3[C@H]4CC[C@H]3CC(C(=O)NCC3CCCCC3)C4)cc2)cc1. The quantitative estimate of drug-likeness (QED) is 0.465. The van der Waals surface area contributed by atoms with Crippen LogP contribution in [0.4, 0.5) is 5.69 Å². The molecule has 37 heavy (non-hydrogen) atoms. The van der Waals surface area contributed by atoms with Gasteiger partial charge in [0.15, 0.2) is 0 Å². The van der Waals surface area contributed by atoms with E-state index in [4.69, 9.17) is 4.74 Å². The second kappa shape index (κ2) is 11.4. The molecule has 2 heterocycles. The number of fused-ring (bicyclic) bond motifs is 2. The summed E-state index contributed by atoms with van der Waals surface area (Å²) >= 11 is 0. The van der Waals surface area contributed by atoms with Crippen molar-refractivity contribution in [2.45, 2.75) is 76.4 Å². The maximum absolute atomic E-state index is 12.9. The smallest absolute Gasteiger partial charge is 0.229 e. The second-order valence-electron chi connectivity index (χ2n) is 11.1. The summed E-state index contributed by atoms with van der Waals surface area (Å²) in [6, 6.07) is 16.0. The van der Waals surface area contributed by atoms with E-state index in [1.54, 1.807) is 24.3 Å². The number of anilines is 1. The lowest BCUT2D eigenvalue weighted by Crippen LogP contribution is -2.47. The molecule has 7 nitrogen and oxygen atoms in total. The van der Waals surface area contributed by atoms with Crippen LogP contribution in [-0.2, 0) is 21.4 Å². The molecule has 0 aromatic heterocycles. The maximum atomic E-state index is 12.9. The van der Waals surface area contributed by atoms with Gasteiger partial charge >= 0.3 is 0 Å². The van der Waals surface area contributed by atoms with Crippen molar-refractivity contribution in [3.63, 3.8) is 0 Å². The summed E-state index contributed by atoms with van der Waals surface area (Å²) in [7, 11) is -3.30. The van der Waals surface area contributed by atoms with E-state index in [9.17, 15) is 13.2 Å². The van der Waals surface area contributed by atoms with Crippen LogP contribution in [-0.4, -0.2) is 44.1 Å². The second-order valence-corrected chi connectivity index (χ2v) is 12.9. The topological polar surface area (TPSA) is 87.7 Å². The third-order valence-corrected chi connectivity index (χ3v) is 8.83. The Morgan fingerprint density at radius 2 is 1.49 bits per heavy atom. The van der Waals surface area contributed by atoms with Crippen LogP contribution in [0.1, 0.15) is 63.4 Å². The van der Waals surface area contributed by atoms with E-state index in [-0.39, 0.29) is 11.8 Å². The number of amides is 1. The molecule has 2 saturated heterocycles. The first-order valence-corrected chi connectivity index (χ1v) is 15.6. The molecular weight excluding hydrogens is 486 g/mol. The lowest BCUT2D eigenvalue weighted by molar-refractivity contribution is -0.127. The molecule has 0 spiro atoms. The van der Waals surface area contributed by atoms with Gasteiger partial charge in [-0.15, -0.1) is 0 Å². The molecule has 2 atom stereocenters. The van der Waals surface area contributed by atoms with E-state index in [1.165, 1.54) is 50.5 Å². The van der Waals surface area contributed by atoms with Crippen LogP contribution in [0.3, 0.4) is 0 Å². The van der Waals surface area contributed by atoms with Crippen molar-refractivity contribution < 1.29 is 17.9 Å². The average Bonchev–Trinajstić information content (AvgIpc) is 3.10. The van der Waals surface area contributed by atoms with Crippen LogP contribution in [0.2, 0.25) is 0 Å². The van der Waals surface area contributed by atoms with Gasteiger partial charge in [-0.3, -0.25) is 14.4 Å². The molecule has 0 unspecified atom stereocenters. The van der Waals surface area contributed by atoms with E-state index in [0.29, 0.717) is 29.4 Å². The molecule has 2 N–H and O–H groups in total. The van der Waals surface area contributed by atoms with E-state index >= 15 is 0 Å². The molecule has 2 bridgehead atoms. The lowest BCUT2D eigenvalue weighted by Gasteiger charge is -2.38. The van der Waals surface area contributed by atoms with Gasteiger partial charge in [0.05, 0.1) is 6.26 Å². The minimum atomic E-state index is -3.30. The van der Waals surface area contributed by atoms with Crippen molar-refractivity contribution in [2.24, 2.45) is 11.8 Å². The molecule has 1 saturated carbocycles. The number of carbonyl (C=O) groups excluding carboxylic acids is 1. The molecule has 2 aromatic carbocycles. The Morgan fingerprint density at radius 1 is 0.892 bits per heavy atom. The molecule has 200 valence electrons. The van der Waals surface area contributed by atoms with Crippen molar-refractivity contribution in [2.75, 3.05) is 17.5 Å².